The molecule has 2 fully saturated rings. The lowest BCUT2D eigenvalue weighted by Gasteiger charge is -2.46. The Morgan fingerprint density at radius 3 is 2.69 bits per heavy atom. The minimum absolute atomic E-state index is 0.702. The molecule has 0 bridgehead atoms. The molecule has 2 heteroatoms. The zero-order valence-electron chi connectivity index (χ0n) is 11.1. The van der Waals surface area contributed by atoms with Gasteiger partial charge in [0.15, 0.2) is 0 Å². The molecule has 1 aliphatic heterocycles. The van der Waals surface area contributed by atoms with Crippen LogP contribution in [0.1, 0.15) is 52.4 Å². The summed E-state index contributed by atoms with van der Waals surface area (Å²) in [7, 11) is 0. The van der Waals surface area contributed by atoms with E-state index in [0.717, 1.165) is 6.04 Å². The van der Waals surface area contributed by atoms with E-state index in [1.165, 1.54) is 64.7 Å². The van der Waals surface area contributed by atoms with Crippen LogP contribution < -0.4 is 5.32 Å². The molecule has 1 atom stereocenters. The normalized spacial score (nSPS) is 30.0. The van der Waals surface area contributed by atoms with Crippen LogP contribution in [0, 0.1) is 5.41 Å². The van der Waals surface area contributed by atoms with Crippen molar-refractivity contribution in [1.82, 2.24) is 10.2 Å². The van der Waals surface area contributed by atoms with Gasteiger partial charge >= 0.3 is 0 Å². The molecule has 1 saturated heterocycles. The highest BCUT2D eigenvalue weighted by atomic mass is 15.2. The molecule has 94 valence electrons. The Labute approximate surface area is 101 Å². The fourth-order valence-electron chi connectivity index (χ4n) is 3.35. The van der Waals surface area contributed by atoms with Crippen LogP contribution in [0.5, 0.6) is 0 Å². The molecule has 1 aliphatic carbocycles. The molecule has 0 radical (unpaired) electrons. The SMILES string of the molecule is CCCC1CN(CC2(CC)CCC2)CCN1. The average molecular weight is 224 g/mol. The third kappa shape index (κ3) is 2.78. The maximum atomic E-state index is 3.65. The molecule has 1 unspecified atom stereocenters. The minimum Gasteiger partial charge on any atom is -0.311 e. The van der Waals surface area contributed by atoms with Crippen molar-refractivity contribution in [3.63, 3.8) is 0 Å². The molecule has 1 saturated carbocycles. The Balaban J connectivity index is 1.80. The lowest BCUT2D eigenvalue weighted by atomic mass is 9.66. The Hall–Kier alpha value is -0.0800. The van der Waals surface area contributed by atoms with E-state index < -0.39 is 0 Å². The monoisotopic (exact) mass is 224 g/mol. The van der Waals surface area contributed by atoms with Crippen LogP contribution in [0.3, 0.4) is 0 Å². The smallest absolute Gasteiger partial charge is 0.0195 e. The lowest BCUT2D eigenvalue weighted by Crippen LogP contribution is -2.54. The fraction of sp³-hybridized carbons (Fsp3) is 1.00. The number of piperazine rings is 1. The second-order valence-electron chi connectivity index (χ2n) is 5.88. The first-order valence-corrected chi connectivity index (χ1v) is 7.24. The van der Waals surface area contributed by atoms with Gasteiger partial charge in [-0.3, -0.25) is 4.90 Å². The molecule has 0 amide bonds. The highest BCUT2D eigenvalue weighted by molar-refractivity contribution is 4.91. The highest BCUT2D eigenvalue weighted by Crippen LogP contribution is 2.44. The van der Waals surface area contributed by atoms with Gasteiger partial charge in [-0.15, -0.1) is 0 Å². The van der Waals surface area contributed by atoms with Gasteiger partial charge in [0.25, 0.3) is 0 Å². The van der Waals surface area contributed by atoms with E-state index in [1.54, 1.807) is 0 Å². The van der Waals surface area contributed by atoms with Crippen LogP contribution in [0.2, 0.25) is 0 Å². The summed E-state index contributed by atoms with van der Waals surface area (Å²) in [6.45, 7) is 9.79. The van der Waals surface area contributed by atoms with Crippen molar-refractivity contribution in [3.05, 3.63) is 0 Å². The van der Waals surface area contributed by atoms with Crippen LogP contribution in [0.15, 0.2) is 0 Å². The molecular weight excluding hydrogens is 196 g/mol. The molecular formula is C14H28N2. The van der Waals surface area contributed by atoms with Gasteiger partial charge in [0.05, 0.1) is 0 Å². The van der Waals surface area contributed by atoms with Gasteiger partial charge in [0.1, 0.15) is 0 Å². The summed E-state index contributed by atoms with van der Waals surface area (Å²) in [6, 6.07) is 0.757. The van der Waals surface area contributed by atoms with Gasteiger partial charge in [0, 0.05) is 32.2 Å². The summed E-state index contributed by atoms with van der Waals surface area (Å²) in [4.78, 5) is 2.72. The zero-order chi connectivity index (χ0) is 11.4. The number of hydrogen-bond acceptors (Lipinski definition) is 2. The largest absolute Gasteiger partial charge is 0.311 e. The van der Waals surface area contributed by atoms with Gasteiger partial charge in [-0.2, -0.15) is 0 Å². The maximum absolute atomic E-state index is 3.65. The topological polar surface area (TPSA) is 15.3 Å². The van der Waals surface area contributed by atoms with Crippen molar-refractivity contribution in [2.24, 2.45) is 5.41 Å². The Morgan fingerprint density at radius 1 is 1.31 bits per heavy atom. The summed E-state index contributed by atoms with van der Waals surface area (Å²) < 4.78 is 0. The van der Waals surface area contributed by atoms with Crippen LogP contribution in [-0.2, 0) is 0 Å². The minimum atomic E-state index is 0.702. The molecule has 1 heterocycles. The van der Waals surface area contributed by atoms with Gasteiger partial charge in [0.2, 0.25) is 0 Å². The van der Waals surface area contributed by atoms with Gasteiger partial charge in [-0.1, -0.05) is 26.7 Å². The molecule has 2 aliphatic rings. The summed E-state index contributed by atoms with van der Waals surface area (Å²) >= 11 is 0. The second-order valence-corrected chi connectivity index (χ2v) is 5.88. The van der Waals surface area contributed by atoms with Crippen LogP contribution in [0.4, 0.5) is 0 Å². The van der Waals surface area contributed by atoms with E-state index in [0.29, 0.717) is 5.41 Å². The Bertz CT molecular complexity index is 203. The highest BCUT2D eigenvalue weighted by Gasteiger charge is 2.37. The summed E-state index contributed by atoms with van der Waals surface area (Å²) in [5, 5.41) is 3.65. The third-order valence-electron chi connectivity index (χ3n) is 4.70. The molecule has 2 rings (SSSR count). The summed E-state index contributed by atoms with van der Waals surface area (Å²) in [5.41, 5.74) is 0.702. The van der Waals surface area contributed by atoms with Crippen molar-refractivity contribution >= 4 is 0 Å². The van der Waals surface area contributed by atoms with E-state index in [9.17, 15) is 0 Å². The van der Waals surface area contributed by atoms with Crippen molar-refractivity contribution in [2.75, 3.05) is 26.2 Å². The van der Waals surface area contributed by atoms with Gasteiger partial charge in [-0.05, 0) is 31.1 Å². The third-order valence-corrected chi connectivity index (χ3v) is 4.70. The predicted molar refractivity (Wildman–Crippen MR) is 69.7 cm³/mol. The maximum Gasteiger partial charge on any atom is 0.0195 e. The number of rotatable bonds is 5. The second kappa shape index (κ2) is 5.50. The van der Waals surface area contributed by atoms with Crippen LogP contribution >= 0.6 is 0 Å². The van der Waals surface area contributed by atoms with Crippen molar-refractivity contribution in [1.29, 1.82) is 0 Å². The van der Waals surface area contributed by atoms with Crippen molar-refractivity contribution in [3.8, 4) is 0 Å². The first kappa shape index (κ1) is 12.4. The molecule has 0 spiro atoms. The van der Waals surface area contributed by atoms with E-state index >= 15 is 0 Å². The van der Waals surface area contributed by atoms with Crippen molar-refractivity contribution in [2.45, 2.75) is 58.4 Å². The van der Waals surface area contributed by atoms with Crippen LogP contribution in [-0.4, -0.2) is 37.1 Å². The number of nitrogens with one attached hydrogen (secondary N) is 1. The summed E-state index contributed by atoms with van der Waals surface area (Å²) in [5.74, 6) is 0. The molecule has 2 nitrogen and oxygen atoms in total. The molecule has 0 aromatic carbocycles. The van der Waals surface area contributed by atoms with Crippen molar-refractivity contribution < 1.29 is 0 Å². The number of nitrogens with zero attached hydrogens (tertiary/aromatic N) is 1. The first-order chi connectivity index (χ1) is 7.78. The van der Waals surface area contributed by atoms with E-state index in [4.69, 9.17) is 0 Å². The standard InChI is InChI=1S/C14H28N2/c1-3-6-13-11-16(10-9-15-13)12-14(4-2)7-5-8-14/h13,15H,3-12H2,1-2H3. The first-order valence-electron chi connectivity index (χ1n) is 7.24. The lowest BCUT2D eigenvalue weighted by molar-refractivity contribution is 0.0474. The average Bonchev–Trinajstić information content (AvgIpc) is 2.25. The van der Waals surface area contributed by atoms with Gasteiger partial charge in [-0.25, -0.2) is 0 Å². The quantitative estimate of drug-likeness (QED) is 0.772. The summed E-state index contributed by atoms with van der Waals surface area (Å²) in [6.07, 6.45) is 8.46. The molecule has 1 N–H and O–H groups in total. The number of hydrogen-bond donors (Lipinski definition) is 1. The molecule has 16 heavy (non-hydrogen) atoms. The zero-order valence-corrected chi connectivity index (χ0v) is 11.1. The van der Waals surface area contributed by atoms with Gasteiger partial charge < -0.3 is 5.32 Å². The Morgan fingerprint density at radius 2 is 2.12 bits per heavy atom. The predicted octanol–water partition coefficient (Wildman–Crippen LogP) is 2.64. The van der Waals surface area contributed by atoms with Crippen LogP contribution in [0.25, 0.3) is 0 Å². The van der Waals surface area contributed by atoms with E-state index in [2.05, 4.69) is 24.1 Å². The Kier molecular flexibility index (Phi) is 4.26. The van der Waals surface area contributed by atoms with E-state index in [1.807, 2.05) is 0 Å². The molecule has 0 aromatic rings. The van der Waals surface area contributed by atoms with E-state index in [-0.39, 0.29) is 0 Å². The molecule has 0 aromatic heterocycles. The fourth-order valence-corrected chi connectivity index (χ4v) is 3.35.